The summed E-state index contributed by atoms with van der Waals surface area (Å²) < 4.78 is 5.99. The first-order valence-electron chi connectivity index (χ1n) is 10.9. The molecule has 5 nitrogen and oxygen atoms in total. The Bertz CT molecular complexity index is 1000. The predicted molar refractivity (Wildman–Crippen MR) is 124 cm³/mol. The predicted octanol–water partition coefficient (Wildman–Crippen LogP) is 4.51. The average Bonchev–Trinajstić information content (AvgIpc) is 3.28. The summed E-state index contributed by atoms with van der Waals surface area (Å²) in [7, 11) is 0. The van der Waals surface area contributed by atoms with Gasteiger partial charge in [0.2, 0.25) is 5.95 Å². The standard InChI is InChI=1S/C26H31N3O2/c1-19-4-6-21(7-5-19)26(2,3)22-8-10-24(11-9-22)31-18-23-12-14-27-25(28-23)29-15-13-20(16-29)17-30/h4-12,14,20,30H,13,15-18H2,1-3H3. The van der Waals surface area contributed by atoms with Crippen LogP contribution in [0, 0.1) is 12.8 Å². The van der Waals surface area contributed by atoms with Gasteiger partial charge in [0.15, 0.2) is 0 Å². The second kappa shape index (κ2) is 9.06. The van der Waals surface area contributed by atoms with Crippen LogP contribution in [-0.2, 0) is 12.0 Å². The first kappa shape index (κ1) is 21.3. The highest BCUT2D eigenvalue weighted by molar-refractivity contribution is 5.41. The van der Waals surface area contributed by atoms with Gasteiger partial charge in [0.05, 0.1) is 5.69 Å². The van der Waals surface area contributed by atoms with Gasteiger partial charge in [-0.2, -0.15) is 0 Å². The summed E-state index contributed by atoms with van der Waals surface area (Å²) >= 11 is 0. The molecule has 0 amide bonds. The maximum absolute atomic E-state index is 9.35. The van der Waals surface area contributed by atoms with Gasteiger partial charge in [0.1, 0.15) is 12.4 Å². The van der Waals surface area contributed by atoms with E-state index in [2.05, 4.69) is 72.0 Å². The Morgan fingerprint density at radius 2 is 1.71 bits per heavy atom. The Morgan fingerprint density at radius 3 is 2.35 bits per heavy atom. The zero-order valence-electron chi connectivity index (χ0n) is 18.6. The molecule has 1 saturated heterocycles. The topological polar surface area (TPSA) is 58.5 Å². The van der Waals surface area contributed by atoms with E-state index in [0.717, 1.165) is 31.0 Å². The van der Waals surface area contributed by atoms with Crippen LogP contribution < -0.4 is 9.64 Å². The van der Waals surface area contributed by atoms with E-state index in [1.165, 1.54) is 16.7 Å². The van der Waals surface area contributed by atoms with Gasteiger partial charge in [0.25, 0.3) is 0 Å². The summed E-state index contributed by atoms with van der Waals surface area (Å²) in [6, 6.07) is 19.0. The molecule has 3 aromatic rings. The minimum atomic E-state index is -0.0735. The van der Waals surface area contributed by atoms with Gasteiger partial charge in [-0.25, -0.2) is 9.97 Å². The van der Waals surface area contributed by atoms with Gasteiger partial charge in [-0.1, -0.05) is 55.8 Å². The lowest BCUT2D eigenvalue weighted by Gasteiger charge is -2.26. The Labute approximate surface area is 184 Å². The summed E-state index contributed by atoms with van der Waals surface area (Å²) in [5.41, 5.74) is 4.59. The Balaban J connectivity index is 1.40. The molecule has 1 unspecified atom stereocenters. The number of anilines is 1. The maximum Gasteiger partial charge on any atom is 0.225 e. The third-order valence-electron chi connectivity index (χ3n) is 6.26. The normalized spacial score (nSPS) is 16.5. The fraction of sp³-hybridized carbons (Fsp3) is 0.385. The molecule has 1 fully saturated rings. The highest BCUT2D eigenvalue weighted by Crippen LogP contribution is 2.32. The van der Waals surface area contributed by atoms with Crippen LogP contribution in [0.15, 0.2) is 60.8 Å². The second-order valence-electron chi connectivity index (χ2n) is 8.94. The molecule has 1 aromatic heterocycles. The minimum absolute atomic E-state index is 0.0735. The molecule has 1 aliphatic rings. The van der Waals surface area contributed by atoms with Crippen LogP contribution in [0.5, 0.6) is 5.75 Å². The van der Waals surface area contributed by atoms with Crippen molar-refractivity contribution in [3.63, 3.8) is 0 Å². The van der Waals surface area contributed by atoms with Crippen LogP contribution in [0.2, 0.25) is 0 Å². The molecule has 31 heavy (non-hydrogen) atoms. The number of benzene rings is 2. The molecule has 5 heteroatoms. The van der Waals surface area contributed by atoms with Crippen LogP contribution in [0.1, 0.15) is 42.7 Å². The molecule has 0 saturated carbocycles. The monoisotopic (exact) mass is 417 g/mol. The number of aliphatic hydroxyl groups excluding tert-OH is 1. The molecule has 0 bridgehead atoms. The van der Waals surface area contributed by atoms with Gasteiger partial charge < -0.3 is 14.7 Å². The SMILES string of the molecule is Cc1ccc(C(C)(C)c2ccc(OCc3ccnc(N4CCC(CO)C4)n3)cc2)cc1. The van der Waals surface area contributed by atoms with Crippen LogP contribution in [0.25, 0.3) is 0 Å². The molecule has 0 aliphatic carbocycles. The largest absolute Gasteiger partial charge is 0.487 e. The molecular weight excluding hydrogens is 386 g/mol. The second-order valence-corrected chi connectivity index (χ2v) is 8.94. The van der Waals surface area contributed by atoms with Gasteiger partial charge in [-0.3, -0.25) is 0 Å². The highest BCUT2D eigenvalue weighted by Gasteiger charge is 2.24. The van der Waals surface area contributed by atoms with Crippen molar-refractivity contribution in [1.82, 2.24) is 9.97 Å². The van der Waals surface area contributed by atoms with E-state index < -0.39 is 0 Å². The number of hydrogen-bond donors (Lipinski definition) is 1. The quantitative estimate of drug-likeness (QED) is 0.613. The molecule has 4 rings (SSSR count). The van der Waals surface area contributed by atoms with Crippen molar-refractivity contribution in [3.8, 4) is 5.75 Å². The number of aliphatic hydroxyl groups is 1. The van der Waals surface area contributed by atoms with Gasteiger partial charge in [0, 0.05) is 37.2 Å². The molecule has 1 N–H and O–H groups in total. The zero-order valence-corrected chi connectivity index (χ0v) is 18.6. The number of ether oxygens (including phenoxy) is 1. The van der Waals surface area contributed by atoms with E-state index in [1.807, 2.05) is 18.2 Å². The molecule has 2 heterocycles. The lowest BCUT2D eigenvalue weighted by molar-refractivity contribution is 0.238. The molecule has 1 aliphatic heterocycles. The third-order valence-corrected chi connectivity index (χ3v) is 6.26. The van der Waals surface area contributed by atoms with Crippen LogP contribution in [-0.4, -0.2) is 34.8 Å². The van der Waals surface area contributed by atoms with Gasteiger partial charge in [-0.15, -0.1) is 0 Å². The highest BCUT2D eigenvalue weighted by atomic mass is 16.5. The van der Waals surface area contributed by atoms with Crippen LogP contribution in [0.4, 0.5) is 5.95 Å². The summed E-state index contributed by atoms with van der Waals surface area (Å²) in [4.78, 5) is 11.2. The van der Waals surface area contributed by atoms with E-state index in [-0.39, 0.29) is 12.0 Å². The summed E-state index contributed by atoms with van der Waals surface area (Å²) in [6.07, 6.45) is 2.76. The third kappa shape index (κ3) is 4.88. The smallest absolute Gasteiger partial charge is 0.225 e. The van der Waals surface area contributed by atoms with Crippen molar-refractivity contribution in [1.29, 1.82) is 0 Å². The van der Waals surface area contributed by atoms with Crippen molar-refractivity contribution in [2.75, 3.05) is 24.6 Å². The Kier molecular flexibility index (Phi) is 6.23. The summed E-state index contributed by atoms with van der Waals surface area (Å²) in [5.74, 6) is 1.85. The number of rotatable bonds is 7. The van der Waals surface area contributed by atoms with E-state index in [9.17, 15) is 5.11 Å². The number of aromatic nitrogens is 2. The van der Waals surface area contributed by atoms with Crippen molar-refractivity contribution in [2.45, 2.75) is 39.2 Å². The van der Waals surface area contributed by atoms with E-state index in [0.29, 0.717) is 18.5 Å². The van der Waals surface area contributed by atoms with Crippen molar-refractivity contribution >= 4 is 5.95 Å². The van der Waals surface area contributed by atoms with E-state index >= 15 is 0 Å². The molecular formula is C26H31N3O2. The summed E-state index contributed by atoms with van der Waals surface area (Å²) in [6.45, 7) is 8.90. The van der Waals surface area contributed by atoms with Crippen LogP contribution >= 0.6 is 0 Å². The fourth-order valence-corrected chi connectivity index (χ4v) is 4.04. The van der Waals surface area contributed by atoms with E-state index in [4.69, 9.17) is 4.74 Å². The minimum Gasteiger partial charge on any atom is -0.487 e. The molecule has 2 aromatic carbocycles. The first-order valence-corrected chi connectivity index (χ1v) is 10.9. The fourth-order valence-electron chi connectivity index (χ4n) is 4.04. The summed E-state index contributed by atoms with van der Waals surface area (Å²) in [5, 5.41) is 9.35. The van der Waals surface area contributed by atoms with Crippen molar-refractivity contribution in [3.05, 3.63) is 83.2 Å². The van der Waals surface area contributed by atoms with Gasteiger partial charge in [-0.05, 0) is 42.7 Å². The van der Waals surface area contributed by atoms with E-state index in [1.54, 1.807) is 6.20 Å². The maximum atomic E-state index is 9.35. The number of aryl methyl sites for hydroxylation is 1. The first-order chi connectivity index (χ1) is 15.0. The lowest BCUT2D eigenvalue weighted by atomic mass is 9.78. The molecule has 0 radical (unpaired) electrons. The van der Waals surface area contributed by atoms with Crippen molar-refractivity contribution in [2.24, 2.45) is 5.92 Å². The Hall–Kier alpha value is -2.92. The number of hydrogen-bond acceptors (Lipinski definition) is 5. The lowest BCUT2D eigenvalue weighted by Crippen LogP contribution is -2.23. The van der Waals surface area contributed by atoms with Crippen molar-refractivity contribution < 1.29 is 9.84 Å². The molecule has 162 valence electrons. The zero-order chi connectivity index (χ0) is 21.8. The molecule has 1 atom stereocenters. The molecule has 0 spiro atoms. The number of nitrogens with zero attached hydrogens (tertiary/aromatic N) is 3. The van der Waals surface area contributed by atoms with Crippen LogP contribution in [0.3, 0.4) is 0 Å². The Morgan fingerprint density at radius 1 is 1.03 bits per heavy atom. The average molecular weight is 418 g/mol. The van der Waals surface area contributed by atoms with Gasteiger partial charge >= 0.3 is 0 Å².